The summed E-state index contributed by atoms with van der Waals surface area (Å²) < 4.78 is 0.751. The van der Waals surface area contributed by atoms with Gasteiger partial charge < -0.3 is 11.1 Å². The third kappa shape index (κ3) is 2.46. The summed E-state index contributed by atoms with van der Waals surface area (Å²) in [5, 5.41) is 6.07. The Morgan fingerprint density at radius 1 is 1.32 bits per heavy atom. The molecule has 0 aliphatic carbocycles. The lowest BCUT2D eigenvalue weighted by atomic mass is 9.76. The van der Waals surface area contributed by atoms with E-state index >= 15 is 0 Å². The van der Waals surface area contributed by atoms with Crippen molar-refractivity contribution in [3.05, 3.63) is 40.9 Å². The molecule has 2 fully saturated rings. The summed E-state index contributed by atoms with van der Waals surface area (Å²) in [7, 11) is 0. The van der Waals surface area contributed by atoms with E-state index in [2.05, 4.69) is 33.1 Å². The zero-order valence-electron chi connectivity index (χ0n) is 14.9. The summed E-state index contributed by atoms with van der Waals surface area (Å²) in [4.78, 5) is 51.8. The van der Waals surface area contributed by atoms with Gasteiger partial charge in [0.1, 0.15) is 5.54 Å². The van der Waals surface area contributed by atoms with Gasteiger partial charge in [0.2, 0.25) is 23.6 Å². The maximum absolute atomic E-state index is 13.2. The molecule has 146 valence electrons. The number of nitrogens with one attached hydrogen (secondary N) is 2. The van der Waals surface area contributed by atoms with E-state index in [1.165, 1.54) is 6.08 Å². The fraction of sp³-hybridized carbons (Fsp3) is 0.368. The fourth-order valence-electron chi connectivity index (χ4n) is 4.69. The van der Waals surface area contributed by atoms with Gasteiger partial charge in [0.25, 0.3) is 0 Å². The maximum Gasteiger partial charge on any atom is 0.250 e. The number of likely N-dealkylation sites (tertiary alicyclic amines) is 1. The topological polar surface area (TPSA) is 122 Å². The molecule has 0 aromatic heterocycles. The molecule has 0 radical (unpaired) electrons. The molecule has 3 aliphatic rings. The van der Waals surface area contributed by atoms with Crippen molar-refractivity contribution in [1.29, 1.82) is 0 Å². The molecule has 9 heteroatoms. The molecule has 1 spiro atoms. The Kier molecular flexibility index (Phi) is 4.39. The number of imide groups is 1. The van der Waals surface area contributed by atoms with E-state index in [1.807, 2.05) is 0 Å². The quantitative estimate of drug-likeness (QED) is 0.452. The summed E-state index contributed by atoms with van der Waals surface area (Å²) in [5.41, 5.74) is 5.13. The number of hydrogen-bond acceptors (Lipinski definition) is 5. The SMILES string of the molecule is C=CCN1C(=O)C2C(CCC(N)=O)NC3(C(=O)Nc4ccc(Br)cc43)C2C1=O. The summed E-state index contributed by atoms with van der Waals surface area (Å²) in [5.74, 6) is -3.29. The van der Waals surface area contributed by atoms with Crippen LogP contribution < -0.4 is 16.4 Å². The highest BCUT2D eigenvalue weighted by Crippen LogP contribution is 2.53. The molecule has 8 nitrogen and oxygen atoms in total. The van der Waals surface area contributed by atoms with Crippen molar-refractivity contribution in [3.8, 4) is 0 Å². The number of amides is 4. The van der Waals surface area contributed by atoms with E-state index in [0.29, 0.717) is 11.3 Å². The number of nitrogens with two attached hydrogens (primary N) is 1. The van der Waals surface area contributed by atoms with Gasteiger partial charge in [0.05, 0.1) is 11.8 Å². The van der Waals surface area contributed by atoms with Gasteiger partial charge in [-0.25, -0.2) is 0 Å². The minimum Gasteiger partial charge on any atom is -0.370 e. The van der Waals surface area contributed by atoms with Crippen LogP contribution in [-0.2, 0) is 24.7 Å². The Bertz CT molecular complexity index is 933. The molecule has 3 heterocycles. The predicted octanol–water partition coefficient (Wildman–Crippen LogP) is 0.621. The minimum absolute atomic E-state index is 0.0485. The number of fused-ring (bicyclic) bond motifs is 4. The van der Waals surface area contributed by atoms with Gasteiger partial charge in [-0.1, -0.05) is 22.0 Å². The van der Waals surface area contributed by atoms with Crippen molar-refractivity contribution in [3.63, 3.8) is 0 Å². The lowest BCUT2D eigenvalue weighted by Gasteiger charge is -2.29. The number of halogens is 1. The lowest BCUT2D eigenvalue weighted by molar-refractivity contribution is -0.142. The van der Waals surface area contributed by atoms with Crippen molar-refractivity contribution in [2.24, 2.45) is 17.6 Å². The molecule has 3 aliphatic heterocycles. The average molecular weight is 447 g/mol. The Morgan fingerprint density at radius 3 is 2.75 bits per heavy atom. The number of primary amides is 1. The van der Waals surface area contributed by atoms with Crippen LogP contribution in [0.1, 0.15) is 18.4 Å². The Labute approximate surface area is 169 Å². The first-order chi connectivity index (χ1) is 13.3. The third-order valence-corrected chi connectivity index (χ3v) is 6.27. The first-order valence-corrected chi connectivity index (χ1v) is 9.74. The Hall–Kier alpha value is -2.52. The van der Waals surface area contributed by atoms with Gasteiger partial charge >= 0.3 is 0 Å². The van der Waals surface area contributed by atoms with Crippen molar-refractivity contribution < 1.29 is 19.2 Å². The summed E-state index contributed by atoms with van der Waals surface area (Å²) in [6.07, 6.45) is 1.79. The fourth-order valence-corrected chi connectivity index (χ4v) is 5.05. The van der Waals surface area contributed by atoms with Crippen LogP contribution >= 0.6 is 15.9 Å². The molecular formula is C19H19BrN4O4. The number of rotatable bonds is 5. The highest BCUT2D eigenvalue weighted by atomic mass is 79.9. The Morgan fingerprint density at radius 2 is 2.07 bits per heavy atom. The van der Waals surface area contributed by atoms with Gasteiger partial charge in [-0.15, -0.1) is 6.58 Å². The van der Waals surface area contributed by atoms with Crippen molar-refractivity contribution in [1.82, 2.24) is 10.2 Å². The molecule has 0 bridgehead atoms. The van der Waals surface area contributed by atoms with Crippen molar-refractivity contribution in [2.45, 2.75) is 24.4 Å². The summed E-state index contributed by atoms with van der Waals surface area (Å²) in [6, 6.07) is 4.80. The highest BCUT2D eigenvalue weighted by molar-refractivity contribution is 9.10. The first-order valence-electron chi connectivity index (χ1n) is 8.95. The van der Waals surface area contributed by atoms with Crippen LogP contribution in [0.5, 0.6) is 0 Å². The van der Waals surface area contributed by atoms with E-state index in [-0.39, 0.29) is 31.2 Å². The van der Waals surface area contributed by atoms with E-state index in [1.54, 1.807) is 18.2 Å². The van der Waals surface area contributed by atoms with Crippen LogP contribution in [0.4, 0.5) is 5.69 Å². The van der Waals surface area contributed by atoms with Gasteiger partial charge in [0, 0.05) is 34.7 Å². The van der Waals surface area contributed by atoms with Gasteiger partial charge in [-0.3, -0.25) is 29.4 Å². The number of benzene rings is 1. The van der Waals surface area contributed by atoms with E-state index < -0.39 is 35.2 Å². The normalized spacial score (nSPS) is 30.5. The zero-order valence-corrected chi connectivity index (χ0v) is 16.5. The minimum atomic E-state index is -1.37. The number of anilines is 1. The second-order valence-corrected chi connectivity index (χ2v) is 8.20. The predicted molar refractivity (Wildman–Crippen MR) is 104 cm³/mol. The second kappa shape index (κ2) is 6.52. The number of nitrogens with zero attached hydrogens (tertiary/aromatic N) is 1. The van der Waals surface area contributed by atoms with Crippen LogP contribution in [-0.4, -0.2) is 41.1 Å². The highest BCUT2D eigenvalue weighted by Gasteiger charge is 2.70. The Balaban J connectivity index is 1.85. The van der Waals surface area contributed by atoms with Gasteiger partial charge in [-0.2, -0.15) is 0 Å². The molecule has 1 aromatic rings. The molecule has 28 heavy (non-hydrogen) atoms. The first kappa shape index (κ1) is 18.8. The van der Waals surface area contributed by atoms with Gasteiger partial charge in [-0.05, 0) is 24.6 Å². The number of carbonyl (C=O) groups excluding carboxylic acids is 4. The maximum atomic E-state index is 13.2. The standard InChI is InChI=1S/C19H19BrN4O4/c1-2-7-24-16(26)14-12(5-6-13(21)25)23-19(15(14)17(24)27)10-8-9(20)3-4-11(10)22-18(19)28/h2-4,8,12,14-15,23H,1,5-7H2,(H2,21,25)(H,22,28). The lowest BCUT2D eigenvalue weighted by Crippen LogP contribution is -2.53. The van der Waals surface area contributed by atoms with E-state index in [4.69, 9.17) is 5.73 Å². The van der Waals surface area contributed by atoms with E-state index in [0.717, 1.165) is 9.37 Å². The zero-order chi connectivity index (χ0) is 20.2. The second-order valence-electron chi connectivity index (χ2n) is 7.29. The van der Waals surface area contributed by atoms with Crippen molar-refractivity contribution in [2.75, 3.05) is 11.9 Å². The molecule has 4 N–H and O–H groups in total. The number of carbonyl (C=O) groups is 4. The molecule has 0 saturated carbocycles. The van der Waals surface area contributed by atoms with Crippen LogP contribution in [0.2, 0.25) is 0 Å². The average Bonchev–Trinajstić information content (AvgIpc) is 3.21. The molecule has 4 amide bonds. The molecular weight excluding hydrogens is 428 g/mol. The molecule has 4 rings (SSSR count). The third-order valence-electron chi connectivity index (χ3n) is 5.78. The molecule has 2 saturated heterocycles. The van der Waals surface area contributed by atoms with Crippen LogP contribution in [0.15, 0.2) is 35.3 Å². The van der Waals surface area contributed by atoms with Crippen LogP contribution in [0, 0.1) is 11.8 Å². The van der Waals surface area contributed by atoms with Crippen LogP contribution in [0.25, 0.3) is 0 Å². The number of hydrogen-bond donors (Lipinski definition) is 3. The van der Waals surface area contributed by atoms with Crippen LogP contribution in [0.3, 0.4) is 0 Å². The van der Waals surface area contributed by atoms with Gasteiger partial charge in [0.15, 0.2) is 0 Å². The monoisotopic (exact) mass is 446 g/mol. The smallest absolute Gasteiger partial charge is 0.250 e. The summed E-state index contributed by atoms with van der Waals surface area (Å²) >= 11 is 3.41. The van der Waals surface area contributed by atoms with Crippen molar-refractivity contribution >= 4 is 45.2 Å². The summed E-state index contributed by atoms with van der Waals surface area (Å²) in [6.45, 7) is 3.69. The van der Waals surface area contributed by atoms with E-state index in [9.17, 15) is 19.2 Å². The molecule has 4 atom stereocenters. The largest absolute Gasteiger partial charge is 0.370 e. The molecule has 1 aromatic carbocycles. The molecule has 4 unspecified atom stereocenters.